The molecule has 1 atom stereocenters. The summed E-state index contributed by atoms with van der Waals surface area (Å²) in [5.41, 5.74) is 7.31. The lowest BCUT2D eigenvalue weighted by atomic mass is 9.94. The zero-order chi connectivity index (χ0) is 12.0. The predicted molar refractivity (Wildman–Crippen MR) is 72.4 cm³/mol. The number of rotatable bonds is 5. The van der Waals surface area contributed by atoms with Crippen molar-refractivity contribution in [3.8, 4) is 0 Å². The fourth-order valence-corrected chi connectivity index (χ4v) is 1.68. The molecule has 96 valence electrons. The van der Waals surface area contributed by atoms with Crippen LogP contribution >= 0.6 is 12.4 Å². The molecule has 1 aromatic rings. The summed E-state index contributed by atoms with van der Waals surface area (Å²) in [7, 11) is 0. The Kier molecular flexibility index (Phi) is 7.39. The maximum atomic E-state index is 11.8. The van der Waals surface area contributed by atoms with Gasteiger partial charge in [0.25, 0.3) is 0 Å². The van der Waals surface area contributed by atoms with Crippen LogP contribution in [-0.4, -0.2) is 12.6 Å². The highest BCUT2D eigenvalue weighted by Crippen LogP contribution is 2.23. The van der Waals surface area contributed by atoms with Gasteiger partial charge in [-0.25, -0.2) is 0 Å². The van der Waals surface area contributed by atoms with E-state index in [4.69, 9.17) is 10.5 Å². The monoisotopic (exact) mass is 257 g/mol. The van der Waals surface area contributed by atoms with E-state index in [0.717, 1.165) is 18.4 Å². The molecule has 0 aliphatic rings. The van der Waals surface area contributed by atoms with Crippen LogP contribution in [0.5, 0.6) is 0 Å². The third kappa shape index (κ3) is 4.65. The molecule has 0 spiro atoms. The van der Waals surface area contributed by atoms with E-state index in [9.17, 15) is 4.79 Å². The molecule has 0 aliphatic heterocycles. The Balaban J connectivity index is 0.00000256. The Bertz CT molecular complexity index is 338. The fraction of sp³-hybridized carbons (Fsp3) is 0.462. The number of anilines is 1. The maximum Gasteiger partial charge on any atom is 0.313 e. The van der Waals surface area contributed by atoms with Gasteiger partial charge in [-0.3, -0.25) is 4.79 Å². The molecule has 1 unspecified atom stereocenters. The lowest BCUT2D eigenvalue weighted by molar-refractivity contribution is -0.145. The highest BCUT2D eigenvalue weighted by Gasteiger charge is 2.20. The van der Waals surface area contributed by atoms with Crippen LogP contribution in [0.25, 0.3) is 0 Å². The van der Waals surface area contributed by atoms with E-state index in [1.807, 2.05) is 31.2 Å². The molecule has 4 heteroatoms. The first-order chi connectivity index (χ1) is 7.69. The molecule has 0 saturated heterocycles. The average molecular weight is 258 g/mol. The van der Waals surface area contributed by atoms with Crippen molar-refractivity contribution in [2.75, 3.05) is 12.3 Å². The van der Waals surface area contributed by atoms with Crippen LogP contribution < -0.4 is 5.73 Å². The average Bonchev–Trinajstić information content (AvgIpc) is 2.28. The normalized spacial score (nSPS) is 11.4. The second-order valence-electron chi connectivity index (χ2n) is 3.76. The van der Waals surface area contributed by atoms with E-state index in [2.05, 4.69) is 6.92 Å². The predicted octanol–water partition coefficient (Wildman–Crippen LogP) is 3.14. The number of nitrogens with two attached hydrogens (primary N) is 1. The van der Waals surface area contributed by atoms with E-state index in [-0.39, 0.29) is 24.3 Å². The number of carbonyl (C=O) groups excluding carboxylic acids is 1. The van der Waals surface area contributed by atoms with Gasteiger partial charge in [0.1, 0.15) is 0 Å². The first kappa shape index (κ1) is 15.8. The number of benzene rings is 1. The quantitative estimate of drug-likeness (QED) is 0.651. The zero-order valence-corrected chi connectivity index (χ0v) is 11.1. The summed E-state index contributed by atoms with van der Waals surface area (Å²) in [5.74, 6) is -0.306. The molecular weight excluding hydrogens is 238 g/mol. The summed E-state index contributed by atoms with van der Waals surface area (Å²) in [6, 6.07) is 7.42. The molecule has 0 heterocycles. The van der Waals surface area contributed by atoms with Gasteiger partial charge in [0.15, 0.2) is 0 Å². The molecule has 1 aromatic carbocycles. The minimum atomic E-state index is -0.162. The Hall–Kier alpha value is -1.22. The maximum absolute atomic E-state index is 11.8. The zero-order valence-electron chi connectivity index (χ0n) is 10.3. The van der Waals surface area contributed by atoms with Gasteiger partial charge in [-0.15, -0.1) is 12.4 Å². The van der Waals surface area contributed by atoms with Gasteiger partial charge in [0, 0.05) is 5.69 Å². The third-order valence-electron chi connectivity index (χ3n) is 2.49. The van der Waals surface area contributed by atoms with Crippen molar-refractivity contribution < 1.29 is 9.53 Å². The molecule has 1 rings (SSSR count). The number of hydrogen-bond donors (Lipinski definition) is 1. The smallest absolute Gasteiger partial charge is 0.313 e. The number of carbonyl (C=O) groups is 1. The van der Waals surface area contributed by atoms with E-state index in [1.54, 1.807) is 0 Å². The molecule has 0 amide bonds. The minimum absolute atomic E-state index is 0. The summed E-state index contributed by atoms with van der Waals surface area (Å²) >= 11 is 0. The highest BCUT2D eigenvalue weighted by molar-refractivity contribution is 5.85. The summed E-state index contributed by atoms with van der Waals surface area (Å²) in [6.07, 6.45) is 1.76. The van der Waals surface area contributed by atoms with Gasteiger partial charge in [-0.1, -0.05) is 25.5 Å². The number of nitrogen functional groups attached to an aromatic ring is 1. The van der Waals surface area contributed by atoms with E-state index < -0.39 is 0 Å². The van der Waals surface area contributed by atoms with Crippen molar-refractivity contribution in [1.82, 2.24) is 0 Å². The SMILES string of the molecule is CCCC(C(=O)OCC)c1ccc(N)cc1.Cl. The molecule has 0 fully saturated rings. The number of ether oxygens (including phenoxy) is 1. The van der Waals surface area contributed by atoms with Gasteiger partial charge in [0.05, 0.1) is 12.5 Å². The van der Waals surface area contributed by atoms with Gasteiger partial charge in [-0.05, 0) is 31.0 Å². The Labute approximate surface area is 109 Å². The van der Waals surface area contributed by atoms with Crippen LogP contribution in [0.2, 0.25) is 0 Å². The van der Waals surface area contributed by atoms with Crippen molar-refractivity contribution in [2.24, 2.45) is 0 Å². The topological polar surface area (TPSA) is 52.3 Å². The Morgan fingerprint density at radius 2 is 1.88 bits per heavy atom. The van der Waals surface area contributed by atoms with Crippen molar-refractivity contribution in [3.05, 3.63) is 29.8 Å². The van der Waals surface area contributed by atoms with E-state index in [0.29, 0.717) is 12.3 Å². The van der Waals surface area contributed by atoms with E-state index in [1.165, 1.54) is 0 Å². The highest BCUT2D eigenvalue weighted by atomic mass is 35.5. The molecule has 0 saturated carbocycles. The molecule has 3 nitrogen and oxygen atoms in total. The molecular formula is C13H20ClNO2. The van der Waals surface area contributed by atoms with Crippen molar-refractivity contribution >= 4 is 24.1 Å². The lowest BCUT2D eigenvalue weighted by Crippen LogP contribution is -2.15. The summed E-state index contributed by atoms with van der Waals surface area (Å²) in [6.45, 7) is 4.31. The molecule has 0 aliphatic carbocycles. The number of halogens is 1. The second kappa shape index (κ2) is 7.96. The van der Waals surface area contributed by atoms with Crippen molar-refractivity contribution in [3.63, 3.8) is 0 Å². The van der Waals surface area contributed by atoms with Crippen LogP contribution in [0.15, 0.2) is 24.3 Å². The minimum Gasteiger partial charge on any atom is -0.466 e. The molecule has 0 aromatic heterocycles. The van der Waals surface area contributed by atoms with Crippen LogP contribution in [-0.2, 0) is 9.53 Å². The number of esters is 1. The molecule has 0 radical (unpaired) electrons. The van der Waals surface area contributed by atoms with Crippen LogP contribution in [0.1, 0.15) is 38.2 Å². The van der Waals surface area contributed by atoms with Gasteiger partial charge < -0.3 is 10.5 Å². The Morgan fingerprint density at radius 3 is 2.35 bits per heavy atom. The first-order valence-electron chi connectivity index (χ1n) is 5.71. The van der Waals surface area contributed by atoms with Gasteiger partial charge in [0.2, 0.25) is 0 Å². The summed E-state index contributed by atoms with van der Waals surface area (Å²) < 4.78 is 5.07. The van der Waals surface area contributed by atoms with Crippen LogP contribution in [0.3, 0.4) is 0 Å². The van der Waals surface area contributed by atoms with Crippen LogP contribution in [0.4, 0.5) is 5.69 Å². The molecule has 0 bridgehead atoms. The second-order valence-corrected chi connectivity index (χ2v) is 3.76. The standard InChI is InChI=1S/C13H19NO2.ClH/c1-3-5-12(13(15)16-4-2)10-6-8-11(14)9-7-10;/h6-9,12H,3-5,14H2,1-2H3;1H. The molecule has 17 heavy (non-hydrogen) atoms. The summed E-state index contributed by atoms with van der Waals surface area (Å²) in [5, 5.41) is 0. The number of hydrogen-bond acceptors (Lipinski definition) is 3. The lowest BCUT2D eigenvalue weighted by Gasteiger charge is -2.15. The van der Waals surface area contributed by atoms with Crippen LogP contribution in [0, 0.1) is 0 Å². The largest absolute Gasteiger partial charge is 0.466 e. The van der Waals surface area contributed by atoms with Gasteiger partial charge in [-0.2, -0.15) is 0 Å². The Morgan fingerprint density at radius 1 is 1.29 bits per heavy atom. The first-order valence-corrected chi connectivity index (χ1v) is 5.71. The van der Waals surface area contributed by atoms with E-state index >= 15 is 0 Å². The van der Waals surface area contributed by atoms with Crippen molar-refractivity contribution in [2.45, 2.75) is 32.6 Å². The summed E-state index contributed by atoms with van der Waals surface area (Å²) in [4.78, 5) is 11.8. The van der Waals surface area contributed by atoms with Crippen molar-refractivity contribution in [1.29, 1.82) is 0 Å². The molecule has 2 N–H and O–H groups in total. The van der Waals surface area contributed by atoms with Gasteiger partial charge >= 0.3 is 5.97 Å². The fourth-order valence-electron chi connectivity index (χ4n) is 1.68. The third-order valence-corrected chi connectivity index (χ3v) is 2.49.